The molecule has 2 aromatic carbocycles. The van der Waals surface area contributed by atoms with Crippen LogP contribution in [-0.2, 0) is 13.0 Å². The minimum atomic E-state index is -0.344. The Bertz CT molecular complexity index is 1030. The number of nitrogens with zero attached hydrogens (tertiary/aromatic N) is 1. The van der Waals surface area contributed by atoms with Crippen LogP contribution in [0.5, 0.6) is 0 Å². The Labute approximate surface area is 166 Å². The van der Waals surface area contributed by atoms with Crippen molar-refractivity contribution in [2.24, 2.45) is 0 Å². The topological polar surface area (TPSA) is 66.5 Å². The third kappa shape index (κ3) is 3.59. The molecule has 1 N–H and O–H groups in total. The summed E-state index contributed by atoms with van der Waals surface area (Å²) in [6.45, 7) is 0.750. The molecule has 0 saturated carbocycles. The SMILES string of the molecule is O=C(NCc1cccs1)c1ccc2c(c1)C(=O)N(CCc1ccccc1)C2=O. The molecule has 4 rings (SSSR count). The van der Waals surface area contributed by atoms with Gasteiger partial charge in [0.15, 0.2) is 0 Å². The van der Waals surface area contributed by atoms with E-state index in [4.69, 9.17) is 0 Å². The fourth-order valence-corrected chi connectivity index (χ4v) is 3.85. The number of benzene rings is 2. The Hall–Kier alpha value is -3.25. The van der Waals surface area contributed by atoms with E-state index in [1.54, 1.807) is 23.5 Å². The Balaban J connectivity index is 1.46. The number of amides is 3. The molecule has 3 amide bonds. The summed E-state index contributed by atoms with van der Waals surface area (Å²) in [6.07, 6.45) is 0.598. The van der Waals surface area contributed by atoms with Gasteiger partial charge in [0.05, 0.1) is 17.7 Å². The average molecular weight is 390 g/mol. The van der Waals surface area contributed by atoms with Crippen LogP contribution in [0.25, 0.3) is 0 Å². The van der Waals surface area contributed by atoms with Gasteiger partial charge in [-0.2, -0.15) is 0 Å². The second-order valence-electron chi connectivity index (χ2n) is 6.52. The van der Waals surface area contributed by atoms with Crippen LogP contribution in [0.3, 0.4) is 0 Å². The molecule has 0 unspecified atom stereocenters. The molecule has 0 radical (unpaired) electrons. The van der Waals surface area contributed by atoms with Crippen molar-refractivity contribution in [3.05, 3.63) is 93.2 Å². The summed E-state index contributed by atoms with van der Waals surface area (Å²) in [5.74, 6) is -0.913. The predicted octanol–water partition coefficient (Wildman–Crippen LogP) is 3.52. The Morgan fingerprint density at radius 3 is 2.46 bits per heavy atom. The molecule has 1 aliphatic rings. The van der Waals surface area contributed by atoms with Crippen molar-refractivity contribution in [3.8, 4) is 0 Å². The predicted molar refractivity (Wildman–Crippen MR) is 107 cm³/mol. The maximum absolute atomic E-state index is 12.7. The van der Waals surface area contributed by atoms with Crippen molar-refractivity contribution >= 4 is 29.1 Å². The van der Waals surface area contributed by atoms with Crippen molar-refractivity contribution in [2.75, 3.05) is 6.54 Å². The Morgan fingerprint density at radius 2 is 1.71 bits per heavy atom. The van der Waals surface area contributed by atoms with Crippen molar-refractivity contribution in [1.29, 1.82) is 0 Å². The average Bonchev–Trinajstić information content (AvgIpc) is 3.33. The van der Waals surface area contributed by atoms with E-state index in [0.717, 1.165) is 10.4 Å². The summed E-state index contributed by atoms with van der Waals surface area (Å²) in [5, 5.41) is 4.79. The smallest absolute Gasteiger partial charge is 0.261 e. The zero-order chi connectivity index (χ0) is 19.5. The quantitative estimate of drug-likeness (QED) is 0.655. The first-order valence-corrected chi connectivity index (χ1v) is 9.86. The highest BCUT2D eigenvalue weighted by Gasteiger charge is 2.35. The molecule has 5 nitrogen and oxygen atoms in total. The number of thiophene rings is 1. The maximum Gasteiger partial charge on any atom is 0.261 e. The van der Waals surface area contributed by atoms with Crippen LogP contribution in [0, 0.1) is 0 Å². The van der Waals surface area contributed by atoms with Gasteiger partial charge in [0, 0.05) is 17.0 Å². The van der Waals surface area contributed by atoms with E-state index in [-0.39, 0.29) is 17.7 Å². The van der Waals surface area contributed by atoms with Crippen molar-refractivity contribution in [2.45, 2.75) is 13.0 Å². The summed E-state index contributed by atoms with van der Waals surface area (Å²) in [7, 11) is 0. The highest BCUT2D eigenvalue weighted by Crippen LogP contribution is 2.24. The van der Waals surface area contributed by atoms with Gasteiger partial charge in [0.1, 0.15) is 0 Å². The van der Waals surface area contributed by atoms with Gasteiger partial charge < -0.3 is 5.32 Å². The fourth-order valence-electron chi connectivity index (χ4n) is 3.20. The van der Waals surface area contributed by atoms with E-state index in [9.17, 15) is 14.4 Å². The second kappa shape index (κ2) is 7.78. The molecule has 0 fully saturated rings. The Kier molecular flexibility index (Phi) is 5.04. The Morgan fingerprint density at radius 1 is 0.929 bits per heavy atom. The molecule has 1 aliphatic heterocycles. The summed E-state index contributed by atoms with van der Waals surface area (Å²) in [4.78, 5) is 40.0. The lowest BCUT2D eigenvalue weighted by molar-refractivity contribution is 0.0656. The largest absolute Gasteiger partial charge is 0.347 e. The lowest BCUT2D eigenvalue weighted by Gasteiger charge is -2.13. The molecule has 1 aromatic heterocycles. The molecule has 0 saturated heterocycles. The second-order valence-corrected chi connectivity index (χ2v) is 7.55. The van der Waals surface area contributed by atoms with Gasteiger partial charge in [-0.25, -0.2) is 0 Å². The minimum Gasteiger partial charge on any atom is -0.347 e. The van der Waals surface area contributed by atoms with Gasteiger partial charge in [-0.1, -0.05) is 36.4 Å². The number of nitrogens with one attached hydrogen (secondary N) is 1. The maximum atomic E-state index is 12.7. The summed E-state index contributed by atoms with van der Waals surface area (Å²) in [5.41, 5.74) is 2.09. The van der Waals surface area contributed by atoms with E-state index in [1.807, 2.05) is 47.8 Å². The molecule has 0 bridgehead atoms. The number of imide groups is 1. The fraction of sp³-hybridized carbons (Fsp3) is 0.136. The van der Waals surface area contributed by atoms with Gasteiger partial charge in [0.25, 0.3) is 17.7 Å². The summed E-state index contributed by atoms with van der Waals surface area (Å²) >= 11 is 1.56. The number of fused-ring (bicyclic) bond motifs is 1. The van der Waals surface area contributed by atoms with Gasteiger partial charge in [-0.05, 0) is 41.6 Å². The molecular weight excluding hydrogens is 372 g/mol. The molecule has 0 aliphatic carbocycles. The monoisotopic (exact) mass is 390 g/mol. The first-order valence-electron chi connectivity index (χ1n) is 8.98. The minimum absolute atomic E-state index is 0.265. The van der Waals surface area contributed by atoms with E-state index in [0.29, 0.717) is 36.2 Å². The summed E-state index contributed by atoms with van der Waals surface area (Å²) in [6, 6.07) is 18.3. The van der Waals surface area contributed by atoms with Crippen LogP contribution in [0.1, 0.15) is 41.5 Å². The molecule has 6 heteroatoms. The van der Waals surface area contributed by atoms with Crippen LogP contribution in [0.15, 0.2) is 66.0 Å². The van der Waals surface area contributed by atoms with E-state index >= 15 is 0 Å². The van der Waals surface area contributed by atoms with Crippen molar-refractivity contribution < 1.29 is 14.4 Å². The van der Waals surface area contributed by atoms with Crippen LogP contribution in [0.4, 0.5) is 0 Å². The van der Waals surface area contributed by atoms with E-state index < -0.39 is 0 Å². The molecule has 28 heavy (non-hydrogen) atoms. The van der Waals surface area contributed by atoms with E-state index in [2.05, 4.69) is 5.32 Å². The van der Waals surface area contributed by atoms with Crippen molar-refractivity contribution in [3.63, 3.8) is 0 Å². The van der Waals surface area contributed by atoms with E-state index in [1.165, 1.54) is 11.0 Å². The number of hydrogen-bond acceptors (Lipinski definition) is 4. The van der Waals surface area contributed by atoms with Gasteiger partial charge in [0.2, 0.25) is 0 Å². The van der Waals surface area contributed by atoms with Gasteiger partial charge >= 0.3 is 0 Å². The third-order valence-electron chi connectivity index (χ3n) is 4.70. The van der Waals surface area contributed by atoms with Crippen LogP contribution in [-0.4, -0.2) is 29.2 Å². The molecule has 0 atom stereocenters. The molecule has 0 spiro atoms. The van der Waals surface area contributed by atoms with Crippen LogP contribution >= 0.6 is 11.3 Å². The lowest BCUT2D eigenvalue weighted by atomic mass is 10.1. The first-order chi connectivity index (χ1) is 13.6. The van der Waals surface area contributed by atoms with Gasteiger partial charge in [-0.15, -0.1) is 11.3 Å². The zero-order valence-corrected chi connectivity index (χ0v) is 15.9. The lowest BCUT2D eigenvalue weighted by Crippen LogP contribution is -2.31. The zero-order valence-electron chi connectivity index (χ0n) is 15.1. The summed E-state index contributed by atoms with van der Waals surface area (Å²) < 4.78 is 0. The highest BCUT2D eigenvalue weighted by atomic mass is 32.1. The standard InChI is InChI=1S/C22H18N2O3S/c25-20(23-14-17-7-4-12-28-17)16-8-9-18-19(13-16)22(27)24(21(18)26)11-10-15-5-2-1-3-6-15/h1-9,12-13H,10-11,14H2,(H,23,25). The highest BCUT2D eigenvalue weighted by molar-refractivity contribution is 7.09. The number of hydrogen-bond donors (Lipinski definition) is 1. The third-order valence-corrected chi connectivity index (χ3v) is 5.58. The van der Waals surface area contributed by atoms with Crippen LogP contribution < -0.4 is 5.32 Å². The molecule has 2 heterocycles. The normalized spacial score (nSPS) is 12.9. The number of carbonyl (C=O) groups excluding carboxylic acids is 3. The number of rotatable bonds is 6. The van der Waals surface area contributed by atoms with Gasteiger partial charge in [-0.3, -0.25) is 19.3 Å². The molecule has 140 valence electrons. The van der Waals surface area contributed by atoms with Crippen LogP contribution in [0.2, 0.25) is 0 Å². The number of carbonyl (C=O) groups is 3. The molecule has 3 aromatic rings. The molecular formula is C22H18N2O3S. The van der Waals surface area contributed by atoms with Crippen molar-refractivity contribution in [1.82, 2.24) is 10.2 Å². The first kappa shape index (κ1) is 18.1.